The van der Waals surface area contributed by atoms with Gasteiger partial charge in [-0.1, -0.05) is 35.5 Å². The summed E-state index contributed by atoms with van der Waals surface area (Å²) in [6, 6.07) is 8.74. The Morgan fingerprint density at radius 1 is 1.29 bits per heavy atom. The number of para-hydroxylation sites is 1. The highest BCUT2D eigenvalue weighted by Gasteiger charge is 2.34. The maximum absolute atomic E-state index is 9.72. The van der Waals surface area contributed by atoms with E-state index in [0.717, 1.165) is 30.0 Å². The van der Waals surface area contributed by atoms with Gasteiger partial charge in [-0.15, -0.1) is 0 Å². The number of rotatable bonds is 0. The van der Waals surface area contributed by atoms with Crippen LogP contribution in [0.2, 0.25) is 0 Å². The van der Waals surface area contributed by atoms with E-state index in [2.05, 4.69) is 17.6 Å². The number of fused-ring (bicyclic) bond motifs is 2. The predicted molar refractivity (Wildman–Crippen MR) is 53.2 cm³/mol. The smallest absolute Gasteiger partial charge is 0.184 e. The molecular formula is C11H14N2O. The van der Waals surface area contributed by atoms with Crippen molar-refractivity contribution in [3.8, 4) is 0 Å². The van der Waals surface area contributed by atoms with Crippen LogP contribution in [-0.4, -0.2) is 17.4 Å². The fraction of sp³-hybridized carbons (Fsp3) is 0.455. The van der Waals surface area contributed by atoms with E-state index in [1.54, 1.807) is 0 Å². The summed E-state index contributed by atoms with van der Waals surface area (Å²) in [5, 5.41) is 10.7. The Bertz CT molecular complexity index is 353. The monoisotopic (exact) mass is 190 g/mol. The van der Waals surface area contributed by atoms with Gasteiger partial charge < -0.3 is 15.5 Å². The molecule has 0 radical (unpaired) electrons. The van der Waals surface area contributed by atoms with Crippen LogP contribution in [0.5, 0.6) is 0 Å². The van der Waals surface area contributed by atoms with Crippen molar-refractivity contribution < 1.29 is 10.1 Å². The third kappa shape index (κ3) is 1.13. The van der Waals surface area contributed by atoms with E-state index in [9.17, 15) is 5.11 Å². The van der Waals surface area contributed by atoms with Crippen molar-refractivity contribution in [1.82, 2.24) is 0 Å². The molecule has 1 saturated heterocycles. The van der Waals surface area contributed by atoms with Crippen LogP contribution in [0, 0.1) is 0 Å². The number of hydrogen-bond acceptors (Lipinski definition) is 1. The molecule has 0 bridgehead atoms. The second-order valence-electron chi connectivity index (χ2n) is 4.16. The third-order valence-corrected chi connectivity index (χ3v) is 3.26. The highest BCUT2D eigenvalue weighted by Crippen LogP contribution is 2.28. The van der Waals surface area contributed by atoms with Crippen LogP contribution in [0.3, 0.4) is 0 Å². The standard InChI is InChI=1S/C11H14N2O/c14-11-6-5-9-7-8-3-1-2-4-10(8)12-13(9)11/h1-4,9,11,13-14H,5-7H2. The fourth-order valence-electron chi connectivity index (χ4n) is 2.50. The fourth-order valence-corrected chi connectivity index (χ4v) is 2.50. The van der Waals surface area contributed by atoms with E-state index in [-0.39, 0.29) is 6.23 Å². The quantitative estimate of drug-likeness (QED) is 0.615. The molecule has 2 heterocycles. The van der Waals surface area contributed by atoms with Crippen LogP contribution in [0.1, 0.15) is 18.4 Å². The highest BCUT2D eigenvalue weighted by molar-refractivity contribution is 5.54. The molecule has 3 atom stereocenters. The lowest BCUT2D eigenvalue weighted by Gasteiger charge is -2.41. The molecule has 1 aromatic rings. The predicted octanol–water partition coefficient (Wildman–Crippen LogP) is 0.529. The maximum atomic E-state index is 9.72. The number of aliphatic hydroxyl groups is 1. The molecule has 0 saturated carbocycles. The molecule has 0 amide bonds. The Labute approximate surface area is 83.3 Å². The molecule has 2 N–H and O–H groups in total. The van der Waals surface area contributed by atoms with Gasteiger partial charge in [-0.25, -0.2) is 0 Å². The zero-order valence-corrected chi connectivity index (χ0v) is 7.98. The van der Waals surface area contributed by atoms with Crippen molar-refractivity contribution in [1.29, 1.82) is 0 Å². The van der Waals surface area contributed by atoms with E-state index in [1.807, 2.05) is 12.1 Å². The van der Waals surface area contributed by atoms with E-state index in [0.29, 0.717) is 6.04 Å². The van der Waals surface area contributed by atoms with Gasteiger partial charge in [0.1, 0.15) is 0 Å². The summed E-state index contributed by atoms with van der Waals surface area (Å²) in [6.45, 7) is 0. The molecule has 0 aromatic heterocycles. The SMILES string of the molecule is OC1CCC2Cc3ccccc3[N-][NH+]12. The first-order chi connectivity index (χ1) is 6.84. The lowest BCUT2D eigenvalue weighted by Crippen LogP contribution is -3.13. The topological polar surface area (TPSA) is 38.8 Å². The van der Waals surface area contributed by atoms with Gasteiger partial charge in [0.05, 0.1) is 6.04 Å². The Balaban J connectivity index is 1.95. The number of quaternary nitrogens is 1. The molecule has 0 aliphatic carbocycles. The molecule has 2 aliphatic rings. The lowest BCUT2D eigenvalue weighted by molar-refractivity contribution is -0.920. The summed E-state index contributed by atoms with van der Waals surface area (Å²) in [4.78, 5) is 0. The number of nitrogens with zero attached hydrogens (tertiary/aromatic N) is 1. The summed E-state index contributed by atoms with van der Waals surface area (Å²) < 4.78 is 0. The maximum Gasteiger partial charge on any atom is 0.184 e. The largest absolute Gasteiger partial charge is 0.486 e. The molecule has 0 spiro atoms. The van der Waals surface area contributed by atoms with Crippen LogP contribution in [0.4, 0.5) is 5.69 Å². The van der Waals surface area contributed by atoms with Crippen molar-refractivity contribution in [2.24, 2.45) is 0 Å². The van der Waals surface area contributed by atoms with Crippen molar-refractivity contribution >= 4 is 5.69 Å². The zero-order valence-electron chi connectivity index (χ0n) is 7.98. The molecular weight excluding hydrogens is 176 g/mol. The van der Waals surface area contributed by atoms with Gasteiger partial charge in [0.15, 0.2) is 6.23 Å². The second-order valence-corrected chi connectivity index (χ2v) is 4.16. The Morgan fingerprint density at radius 2 is 2.14 bits per heavy atom. The summed E-state index contributed by atoms with van der Waals surface area (Å²) in [6.07, 6.45) is 2.76. The number of aliphatic hydroxyl groups excluding tert-OH is 1. The van der Waals surface area contributed by atoms with Crippen molar-refractivity contribution in [3.63, 3.8) is 0 Å². The van der Waals surface area contributed by atoms with Gasteiger partial charge in [-0.2, -0.15) is 0 Å². The number of nitrogens with one attached hydrogen (secondary N) is 1. The van der Waals surface area contributed by atoms with Crippen LogP contribution >= 0.6 is 0 Å². The first-order valence-electron chi connectivity index (χ1n) is 5.19. The second kappa shape index (κ2) is 2.97. The van der Waals surface area contributed by atoms with Crippen LogP contribution in [0.15, 0.2) is 24.3 Å². The highest BCUT2D eigenvalue weighted by atomic mass is 16.3. The summed E-state index contributed by atoms with van der Waals surface area (Å²) in [5.74, 6) is 0. The van der Waals surface area contributed by atoms with Crippen LogP contribution in [-0.2, 0) is 6.42 Å². The molecule has 74 valence electrons. The van der Waals surface area contributed by atoms with Gasteiger partial charge >= 0.3 is 0 Å². The van der Waals surface area contributed by atoms with Crippen LogP contribution < -0.4 is 5.01 Å². The number of hydrogen-bond donors (Lipinski definition) is 2. The minimum absolute atomic E-state index is 0.284. The molecule has 1 fully saturated rings. The van der Waals surface area contributed by atoms with Gasteiger partial charge in [0, 0.05) is 19.3 Å². The average molecular weight is 190 g/mol. The van der Waals surface area contributed by atoms with Gasteiger partial charge in [0.25, 0.3) is 0 Å². The van der Waals surface area contributed by atoms with Crippen molar-refractivity contribution in [2.75, 3.05) is 0 Å². The van der Waals surface area contributed by atoms with Crippen molar-refractivity contribution in [3.05, 3.63) is 35.3 Å². The molecule has 3 unspecified atom stereocenters. The Hall–Kier alpha value is -1.06. The zero-order chi connectivity index (χ0) is 9.54. The Kier molecular flexibility index (Phi) is 1.75. The molecule has 2 aliphatic heterocycles. The molecule has 14 heavy (non-hydrogen) atoms. The summed E-state index contributed by atoms with van der Waals surface area (Å²) in [5.41, 5.74) is 6.94. The minimum Gasteiger partial charge on any atom is -0.486 e. The van der Waals surface area contributed by atoms with Gasteiger partial charge in [0.2, 0.25) is 0 Å². The average Bonchev–Trinajstić information content (AvgIpc) is 2.57. The van der Waals surface area contributed by atoms with E-state index >= 15 is 0 Å². The van der Waals surface area contributed by atoms with Gasteiger partial charge in [-0.3, -0.25) is 0 Å². The molecule has 1 aromatic carbocycles. The first-order valence-corrected chi connectivity index (χ1v) is 5.19. The lowest BCUT2D eigenvalue weighted by atomic mass is 10.0. The summed E-state index contributed by atoms with van der Waals surface area (Å²) >= 11 is 0. The van der Waals surface area contributed by atoms with Gasteiger partial charge in [-0.05, 0) is 0 Å². The summed E-state index contributed by atoms with van der Waals surface area (Å²) in [7, 11) is 0. The molecule has 3 nitrogen and oxygen atoms in total. The molecule has 3 heteroatoms. The Morgan fingerprint density at radius 3 is 3.07 bits per heavy atom. The van der Waals surface area contributed by atoms with E-state index < -0.39 is 0 Å². The van der Waals surface area contributed by atoms with E-state index in [4.69, 9.17) is 0 Å². The normalized spacial score (nSPS) is 34.5. The van der Waals surface area contributed by atoms with E-state index in [1.165, 1.54) is 5.56 Å². The first kappa shape index (κ1) is 8.26. The third-order valence-electron chi connectivity index (χ3n) is 3.26. The van der Waals surface area contributed by atoms with Crippen molar-refractivity contribution in [2.45, 2.75) is 31.5 Å². The minimum atomic E-state index is -0.284. The van der Waals surface area contributed by atoms with Crippen LogP contribution in [0.25, 0.3) is 5.43 Å². The molecule has 3 rings (SSSR count). The number of benzene rings is 1.